The summed E-state index contributed by atoms with van der Waals surface area (Å²) in [6, 6.07) is 7.53. The highest BCUT2D eigenvalue weighted by Gasteiger charge is 2.22. The molecule has 0 radical (unpaired) electrons. The predicted octanol–water partition coefficient (Wildman–Crippen LogP) is 3.28. The van der Waals surface area contributed by atoms with Crippen molar-refractivity contribution in [3.8, 4) is 11.8 Å². The molecule has 0 saturated heterocycles. The molecule has 0 saturated carbocycles. The molecule has 7 heteroatoms. The number of hydrogen-bond donors (Lipinski definition) is 1. The number of rotatable bonds is 3. The minimum Gasteiger partial charge on any atom is -0.419 e. The lowest BCUT2D eigenvalue weighted by atomic mass is 10.2. The molecule has 1 heterocycles. The molecular weight excluding hydrogens is 299 g/mol. The fraction of sp³-hybridized carbons (Fsp3) is 0.0769. The van der Waals surface area contributed by atoms with Crippen LogP contribution in [0.15, 0.2) is 28.5 Å². The van der Waals surface area contributed by atoms with Gasteiger partial charge in [-0.1, -0.05) is 12.1 Å². The Morgan fingerprint density at radius 1 is 1.50 bits per heavy atom. The molecule has 0 unspecified atom stereocenters. The van der Waals surface area contributed by atoms with Crippen LogP contribution in [0.4, 0.5) is 10.1 Å². The summed E-state index contributed by atoms with van der Waals surface area (Å²) in [6.07, 6.45) is 1.78. The first kappa shape index (κ1) is 14.4. The number of ether oxygens (including phenoxy) is 1. The second-order valence-electron chi connectivity index (χ2n) is 3.64. The van der Waals surface area contributed by atoms with Crippen LogP contribution in [-0.2, 0) is 0 Å². The molecule has 0 amide bonds. The van der Waals surface area contributed by atoms with E-state index in [9.17, 15) is 9.18 Å². The van der Waals surface area contributed by atoms with E-state index < -0.39 is 11.8 Å². The minimum atomic E-state index is -0.769. The second-order valence-corrected chi connectivity index (χ2v) is 5.74. The number of thiophene rings is 1. The van der Waals surface area contributed by atoms with E-state index in [-0.39, 0.29) is 21.9 Å². The molecule has 0 spiro atoms. The number of benzene rings is 1. The quantitative estimate of drug-likeness (QED) is 0.535. The second kappa shape index (κ2) is 5.94. The van der Waals surface area contributed by atoms with Crippen molar-refractivity contribution in [1.82, 2.24) is 0 Å². The number of nitrogen functional groups attached to an aromatic ring is 1. The Morgan fingerprint density at radius 3 is 2.75 bits per heavy atom. The highest BCUT2D eigenvalue weighted by Crippen LogP contribution is 2.37. The van der Waals surface area contributed by atoms with Gasteiger partial charge in [0.15, 0.2) is 11.6 Å². The molecule has 1 aromatic heterocycles. The third kappa shape index (κ3) is 2.61. The molecule has 0 aliphatic carbocycles. The summed E-state index contributed by atoms with van der Waals surface area (Å²) in [5.74, 6) is -1.58. The van der Waals surface area contributed by atoms with Gasteiger partial charge in [0, 0.05) is 0 Å². The van der Waals surface area contributed by atoms with Crippen molar-refractivity contribution in [2.75, 3.05) is 12.0 Å². The van der Waals surface area contributed by atoms with E-state index in [1.165, 1.54) is 30.0 Å². The van der Waals surface area contributed by atoms with Crippen LogP contribution in [0.3, 0.4) is 0 Å². The third-order valence-corrected chi connectivity index (χ3v) is 4.74. The van der Waals surface area contributed by atoms with E-state index >= 15 is 0 Å². The van der Waals surface area contributed by atoms with Crippen LogP contribution in [0.2, 0.25) is 0 Å². The molecule has 1 aromatic carbocycles. The van der Waals surface area contributed by atoms with Crippen LogP contribution < -0.4 is 10.5 Å². The number of hydrogen-bond acceptors (Lipinski definition) is 6. The average Bonchev–Trinajstić information content (AvgIpc) is 2.77. The number of para-hydroxylation sites is 1. The number of carbonyl (C=O) groups is 1. The topological polar surface area (TPSA) is 76.1 Å². The number of nitrogens with two attached hydrogens (primary N) is 1. The summed E-state index contributed by atoms with van der Waals surface area (Å²) >= 11 is 2.38. The Morgan fingerprint density at radius 2 is 2.20 bits per heavy atom. The van der Waals surface area contributed by atoms with E-state index in [0.717, 1.165) is 11.3 Å². The van der Waals surface area contributed by atoms with Crippen molar-refractivity contribution in [2.24, 2.45) is 0 Å². The van der Waals surface area contributed by atoms with Gasteiger partial charge in [0.2, 0.25) is 0 Å². The molecule has 0 fully saturated rings. The lowest BCUT2D eigenvalue weighted by Crippen LogP contribution is -2.09. The van der Waals surface area contributed by atoms with Gasteiger partial charge in [-0.05, 0) is 18.4 Å². The number of nitriles is 1. The standard InChI is InChI=1S/C13H9FN2O2S2/c1-19-13-7(6-15)10(16)11(20-13)12(17)18-9-5-3-2-4-8(9)14/h2-5H,16H2,1H3. The first-order valence-corrected chi connectivity index (χ1v) is 7.45. The number of anilines is 1. The molecule has 0 atom stereocenters. The number of thioether (sulfide) groups is 1. The Kier molecular flexibility index (Phi) is 4.27. The van der Waals surface area contributed by atoms with Gasteiger partial charge in [-0.3, -0.25) is 0 Å². The fourth-order valence-corrected chi connectivity index (χ4v) is 3.22. The average molecular weight is 308 g/mol. The zero-order valence-corrected chi connectivity index (χ0v) is 12.0. The van der Waals surface area contributed by atoms with E-state index in [4.69, 9.17) is 15.7 Å². The maximum absolute atomic E-state index is 13.4. The van der Waals surface area contributed by atoms with Gasteiger partial charge in [-0.25, -0.2) is 9.18 Å². The first-order chi connectivity index (χ1) is 9.58. The van der Waals surface area contributed by atoms with Crippen LogP contribution in [0, 0.1) is 17.1 Å². The molecule has 2 N–H and O–H groups in total. The Hall–Kier alpha value is -2.04. The van der Waals surface area contributed by atoms with Gasteiger partial charge in [0.05, 0.1) is 9.90 Å². The smallest absolute Gasteiger partial charge is 0.356 e. The van der Waals surface area contributed by atoms with Crippen molar-refractivity contribution >= 4 is 34.8 Å². The van der Waals surface area contributed by atoms with E-state index in [1.54, 1.807) is 12.3 Å². The summed E-state index contributed by atoms with van der Waals surface area (Å²) in [5, 5.41) is 9.01. The predicted molar refractivity (Wildman–Crippen MR) is 76.6 cm³/mol. The molecule has 20 heavy (non-hydrogen) atoms. The summed E-state index contributed by atoms with van der Waals surface area (Å²) in [7, 11) is 0. The van der Waals surface area contributed by atoms with Crippen molar-refractivity contribution in [3.05, 3.63) is 40.5 Å². The van der Waals surface area contributed by atoms with Crippen molar-refractivity contribution in [3.63, 3.8) is 0 Å². The van der Waals surface area contributed by atoms with E-state index in [1.807, 2.05) is 6.07 Å². The Balaban J connectivity index is 2.34. The van der Waals surface area contributed by atoms with Gasteiger partial charge < -0.3 is 10.5 Å². The zero-order valence-electron chi connectivity index (χ0n) is 10.3. The molecule has 4 nitrogen and oxygen atoms in total. The van der Waals surface area contributed by atoms with Crippen LogP contribution >= 0.6 is 23.1 Å². The number of carbonyl (C=O) groups excluding carboxylic acids is 1. The van der Waals surface area contributed by atoms with Gasteiger partial charge in [0.1, 0.15) is 16.5 Å². The third-order valence-electron chi connectivity index (χ3n) is 2.43. The van der Waals surface area contributed by atoms with E-state index in [0.29, 0.717) is 4.21 Å². The largest absolute Gasteiger partial charge is 0.419 e. The molecule has 0 bridgehead atoms. The summed E-state index contributed by atoms with van der Waals surface area (Å²) in [6.45, 7) is 0. The summed E-state index contributed by atoms with van der Waals surface area (Å²) in [4.78, 5) is 12.1. The van der Waals surface area contributed by atoms with Gasteiger partial charge in [0.25, 0.3) is 0 Å². The molecular formula is C13H9FN2O2S2. The van der Waals surface area contributed by atoms with Gasteiger partial charge in [-0.15, -0.1) is 23.1 Å². The number of halogens is 1. The van der Waals surface area contributed by atoms with Crippen LogP contribution in [0.5, 0.6) is 5.75 Å². The SMILES string of the molecule is CSc1sc(C(=O)Oc2ccccc2F)c(N)c1C#N. The Labute approximate surface area is 123 Å². The van der Waals surface area contributed by atoms with Crippen molar-refractivity contribution < 1.29 is 13.9 Å². The maximum atomic E-state index is 13.4. The summed E-state index contributed by atoms with van der Waals surface area (Å²) in [5.41, 5.74) is 6.09. The van der Waals surface area contributed by atoms with E-state index in [2.05, 4.69) is 0 Å². The van der Waals surface area contributed by atoms with Crippen molar-refractivity contribution in [1.29, 1.82) is 5.26 Å². The maximum Gasteiger partial charge on any atom is 0.356 e. The highest BCUT2D eigenvalue weighted by molar-refractivity contribution is 8.00. The van der Waals surface area contributed by atoms with Crippen LogP contribution in [0.25, 0.3) is 0 Å². The first-order valence-electron chi connectivity index (χ1n) is 5.41. The molecule has 2 aromatic rings. The molecule has 0 aliphatic heterocycles. The zero-order chi connectivity index (χ0) is 14.7. The van der Waals surface area contributed by atoms with Gasteiger partial charge in [-0.2, -0.15) is 5.26 Å². The normalized spacial score (nSPS) is 10.1. The van der Waals surface area contributed by atoms with Crippen LogP contribution in [0.1, 0.15) is 15.2 Å². The van der Waals surface area contributed by atoms with Crippen LogP contribution in [-0.4, -0.2) is 12.2 Å². The molecule has 0 aliphatic rings. The summed E-state index contributed by atoms with van der Waals surface area (Å²) < 4.78 is 19.0. The number of nitrogens with zero attached hydrogens (tertiary/aromatic N) is 1. The number of esters is 1. The monoisotopic (exact) mass is 308 g/mol. The lowest BCUT2D eigenvalue weighted by molar-refractivity contribution is 0.0734. The Bertz CT molecular complexity index is 707. The molecule has 102 valence electrons. The van der Waals surface area contributed by atoms with Gasteiger partial charge >= 0.3 is 5.97 Å². The van der Waals surface area contributed by atoms with Crippen molar-refractivity contribution in [2.45, 2.75) is 4.21 Å². The molecule has 2 rings (SSSR count). The fourth-order valence-electron chi connectivity index (χ4n) is 1.50. The highest BCUT2D eigenvalue weighted by atomic mass is 32.2. The lowest BCUT2D eigenvalue weighted by Gasteiger charge is -2.04. The minimum absolute atomic E-state index is 0.0724.